The van der Waals surface area contributed by atoms with Crippen LogP contribution >= 0.6 is 12.0 Å². The van der Waals surface area contributed by atoms with E-state index in [2.05, 4.69) is 31.0 Å². The third-order valence-corrected chi connectivity index (χ3v) is 4.19. The molecule has 0 saturated heterocycles. The average molecular weight is 391 g/mol. The van der Waals surface area contributed by atoms with Gasteiger partial charge in [0.2, 0.25) is 10.0 Å². The van der Waals surface area contributed by atoms with Crippen molar-refractivity contribution >= 4 is 33.4 Å². The van der Waals surface area contributed by atoms with Gasteiger partial charge in [0.05, 0.1) is 22.6 Å². The maximum absolute atomic E-state index is 13.8. The second-order valence-corrected chi connectivity index (χ2v) is 6.69. The van der Waals surface area contributed by atoms with Crippen molar-refractivity contribution in [2.45, 2.75) is 9.79 Å². The lowest BCUT2D eigenvalue weighted by Crippen LogP contribution is -2.12. The van der Waals surface area contributed by atoms with E-state index in [1.807, 2.05) is 0 Å². The van der Waals surface area contributed by atoms with Crippen LogP contribution < -0.4 is 16.5 Å². The minimum atomic E-state index is -4.03. The lowest BCUT2D eigenvalue weighted by atomic mass is 10.3. The molecule has 0 fully saturated rings. The number of rotatable bonds is 7. The fourth-order valence-corrected chi connectivity index (χ4v) is 2.49. The average Bonchev–Trinajstić information content (AvgIpc) is 2.55. The van der Waals surface area contributed by atoms with E-state index in [9.17, 15) is 17.2 Å². The molecule has 2 rings (SSSR count). The molecule has 2 aromatic rings. The van der Waals surface area contributed by atoms with Crippen LogP contribution in [-0.4, -0.2) is 8.42 Å². The Kier molecular flexibility index (Phi) is 6.35. The van der Waals surface area contributed by atoms with E-state index in [0.717, 1.165) is 18.2 Å². The molecule has 5 N–H and O–H groups in total. The highest BCUT2D eigenvalue weighted by atomic mass is 32.2. The molecule has 0 bridgehead atoms. The molecule has 25 heavy (non-hydrogen) atoms. The van der Waals surface area contributed by atoms with Crippen molar-refractivity contribution in [2.75, 3.05) is 5.43 Å². The van der Waals surface area contributed by atoms with Gasteiger partial charge in [-0.3, -0.25) is 5.43 Å². The fraction of sp³-hybridized carbons (Fsp3) is 0. The molecule has 0 radical (unpaired) electrons. The Morgan fingerprint density at radius 2 is 1.88 bits per heavy atom. The first-order valence-electron chi connectivity index (χ1n) is 6.30. The monoisotopic (exact) mass is 391 g/mol. The first-order chi connectivity index (χ1) is 11.8. The molecule has 0 aliphatic heterocycles. The van der Waals surface area contributed by atoms with E-state index in [-0.39, 0.29) is 11.4 Å². The van der Waals surface area contributed by atoms with Crippen molar-refractivity contribution < 1.29 is 26.5 Å². The number of benzene rings is 2. The van der Waals surface area contributed by atoms with Gasteiger partial charge < -0.3 is 0 Å². The zero-order valence-corrected chi connectivity index (χ0v) is 13.9. The molecule has 9 nitrogen and oxygen atoms in total. The van der Waals surface area contributed by atoms with Crippen LogP contribution in [0.5, 0.6) is 0 Å². The number of sulfonamides is 1. The van der Waals surface area contributed by atoms with Crippen molar-refractivity contribution in [3.8, 4) is 0 Å². The van der Waals surface area contributed by atoms with Crippen molar-refractivity contribution in [1.29, 1.82) is 0 Å². The van der Waals surface area contributed by atoms with E-state index in [1.165, 1.54) is 12.1 Å². The van der Waals surface area contributed by atoms with E-state index >= 15 is 0 Å². The molecule has 2 aromatic carbocycles. The van der Waals surface area contributed by atoms with Crippen LogP contribution in [0.25, 0.3) is 0 Å². The van der Waals surface area contributed by atoms with Gasteiger partial charge in [-0.15, -0.1) is 14.4 Å². The topological polar surface area (TPSA) is 141 Å². The lowest BCUT2D eigenvalue weighted by Gasteiger charge is -2.04. The third-order valence-electron chi connectivity index (χ3n) is 2.69. The van der Waals surface area contributed by atoms with Crippen molar-refractivity contribution in [1.82, 2.24) is 0 Å². The van der Waals surface area contributed by atoms with Crippen molar-refractivity contribution in [2.24, 2.45) is 21.4 Å². The Bertz CT molecular complexity index is 895. The van der Waals surface area contributed by atoms with Crippen molar-refractivity contribution in [3.05, 3.63) is 48.0 Å². The van der Waals surface area contributed by atoms with Crippen LogP contribution in [0.2, 0.25) is 0 Å². The van der Waals surface area contributed by atoms with Crippen LogP contribution in [0.15, 0.2) is 56.5 Å². The Balaban J connectivity index is 2.08. The zero-order chi connectivity index (χ0) is 18.4. The SMILES string of the molecule is NOOSc1ccc(NN=Nc2ccc(S(N)(=O)=O)cc2F)c(F)c1. The smallest absolute Gasteiger partial charge is 0.238 e. The normalized spacial score (nSPS) is 11.8. The van der Waals surface area contributed by atoms with Crippen LogP contribution in [0, 0.1) is 11.6 Å². The van der Waals surface area contributed by atoms with E-state index in [1.54, 1.807) is 0 Å². The standard InChI is InChI=1S/C12H11F2N5O4S2/c13-9-5-7(24-23-22-15)1-3-11(9)17-19-18-12-4-2-8(6-10(12)14)25(16,20)21/h1-6H,15H2,(H,17,18)(H2,16,20,21). The third kappa shape index (κ3) is 5.42. The second-order valence-electron chi connectivity index (χ2n) is 4.36. The molecule has 134 valence electrons. The van der Waals surface area contributed by atoms with Gasteiger partial charge >= 0.3 is 0 Å². The number of nitrogens with one attached hydrogen (secondary N) is 1. The Hall–Kier alpha value is -2.16. The molecule has 0 spiro atoms. The summed E-state index contributed by atoms with van der Waals surface area (Å²) < 4.78 is 54.1. The number of anilines is 1. The number of nitrogens with two attached hydrogens (primary N) is 2. The predicted molar refractivity (Wildman–Crippen MR) is 84.5 cm³/mol. The highest BCUT2D eigenvalue weighted by molar-refractivity contribution is 7.94. The van der Waals surface area contributed by atoms with Crippen molar-refractivity contribution in [3.63, 3.8) is 0 Å². The summed E-state index contributed by atoms with van der Waals surface area (Å²) in [5.74, 6) is 3.02. The first-order valence-corrected chi connectivity index (χ1v) is 8.59. The first kappa shape index (κ1) is 19.2. The summed E-state index contributed by atoms with van der Waals surface area (Å²) in [6.07, 6.45) is 0. The minimum Gasteiger partial charge on any atom is -0.257 e. The molecule has 0 aliphatic rings. The van der Waals surface area contributed by atoms with Gasteiger partial charge in [0.1, 0.15) is 11.5 Å². The van der Waals surface area contributed by atoms with Gasteiger partial charge in [-0.2, -0.15) is 5.90 Å². The summed E-state index contributed by atoms with van der Waals surface area (Å²) in [6.45, 7) is 0. The van der Waals surface area contributed by atoms with E-state index in [4.69, 9.17) is 5.14 Å². The molecular formula is C12H11F2N5O4S2. The number of nitrogens with zero attached hydrogens (tertiary/aromatic N) is 2. The Morgan fingerprint density at radius 1 is 1.12 bits per heavy atom. The molecule has 0 aliphatic carbocycles. The summed E-state index contributed by atoms with van der Waals surface area (Å²) in [5, 5.41) is 11.8. The molecule has 0 heterocycles. The largest absolute Gasteiger partial charge is 0.257 e. The number of hydrogen-bond acceptors (Lipinski definition) is 8. The zero-order valence-electron chi connectivity index (χ0n) is 12.2. The summed E-state index contributed by atoms with van der Waals surface area (Å²) in [5.41, 5.74) is 1.98. The number of halogens is 2. The summed E-state index contributed by atoms with van der Waals surface area (Å²) in [7, 11) is -4.03. The molecule has 13 heteroatoms. The van der Waals surface area contributed by atoms with Crippen LogP contribution in [0.3, 0.4) is 0 Å². The quantitative estimate of drug-likeness (QED) is 0.285. The molecular weight excluding hydrogens is 380 g/mol. The van der Waals surface area contributed by atoms with Crippen LogP contribution in [0.4, 0.5) is 20.2 Å². The lowest BCUT2D eigenvalue weighted by molar-refractivity contribution is -0.195. The minimum absolute atomic E-state index is 0.0386. The van der Waals surface area contributed by atoms with E-state index in [0.29, 0.717) is 23.0 Å². The predicted octanol–water partition coefficient (Wildman–Crippen LogP) is 2.55. The maximum atomic E-state index is 13.8. The molecule has 0 saturated carbocycles. The fourth-order valence-electron chi connectivity index (χ4n) is 1.58. The van der Waals surface area contributed by atoms with Gasteiger partial charge in [-0.25, -0.2) is 22.3 Å². The van der Waals surface area contributed by atoms with Gasteiger partial charge in [0.25, 0.3) is 0 Å². The van der Waals surface area contributed by atoms with Crippen LogP contribution in [-0.2, 0) is 19.3 Å². The highest BCUT2D eigenvalue weighted by Gasteiger charge is 2.11. The van der Waals surface area contributed by atoms with Gasteiger partial charge in [0.15, 0.2) is 5.82 Å². The number of primary sulfonamides is 1. The van der Waals surface area contributed by atoms with Gasteiger partial charge in [0, 0.05) is 4.90 Å². The molecule has 0 aromatic heterocycles. The Morgan fingerprint density at radius 3 is 2.48 bits per heavy atom. The second kappa shape index (κ2) is 8.28. The molecule has 0 amide bonds. The highest BCUT2D eigenvalue weighted by Crippen LogP contribution is 2.25. The summed E-state index contributed by atoms with van der Waals surface area (Å²) >= 11 is 0.691. The van der Waals surface area contributed by atoms with Crippen LogP contribution in [0.1, 0.15) is 0 Å². The van der Waals surface area contributed by atoms with Gasteiger partial charge in [-0.05, 0) is 36.4 Å². The maximum Gasteiger partial charge on any atom is 0.238 e. The summed E-state index contributed by atoms with van der Waals surface area (Å²) in [4.78, 5) is 3.85. The Labute approximate surface area is 145 Å². The summed E-state index contributed by atoms with van der Waals surface area (Å²) in [6, 6.07) is 6.77. The molecule has 0 atom stereocenters. The number of hydrogen-bond donors (Lipinski definition) is 3. The van der Waals surface area contributed by atoms with Gasteiger partial charge in [-0.1, -0.05) is 5.22 Å². The molecule has 0 unspecified atom stereocenters. The van der Waals surface area contributed by atoms with E-state index < -0.39 is 26.6 Å².